The van der Waals surface area contributed by atoms with E-state index in [4.69, 9.17) is 17.3 Å². The molecule has 0 radical (unpaired) electrons. The molecule has 2 bridgehead atoms. The van der Waals surface area contributed by atoms with Crippen LogP contribution in [-0.2, 0) is 22.4 Å². The number of benzene rings is 1. The van der Waals surface area contributed by atoms with Crippen LogP contribution in [0.15, 0.2) is 22.9 Å². The number of likely N-dealkylation sites (tertiary alicyclic amines) is 1. The van der Waals surface area contributed by atoms with E-state index in [0.29, 0.717) is 68.0 Å². The highest BCUT2D eigenvalue weighted by Crippen LogP contribution is 2.37. The topological polar surface area (TPSA) is 105 Å². The van der Waals surface area contributed by atoms with Gasteiger partial charge >= 0.3 is 6.03 Å². The summed E-state index contributed by atoms with van der Waals surface area (Å²) in [4.78, 5) is 52.1. The van der Waals surface area contributed by atoms with Crippen molar-refractivity contribution in [2.75, 3.05) is 63.9 Å². The van der Waals surface area contributed by atoms with Crippen LogP contribution in [-0.4, -0.2) is 119 Å². The van der Waals surface area contributed by atoms with Crippen LogP contribution in [0.4, 0.5) is 16.2 Å². The van der Waals surface area contributed by atoms with Gasteiger partial charge in [-0.2, -0.15) is 0 Å². The fraction of sp³-hybridized carbons (Fsp3) is 0.639. The SMILES string of the molecule is Cc1cc(C[C@@H](CC(=O)N2CCC(N3CCc4cscc4NC3=O)CC2)C(=O)N2CCN(C3CC4CCC(C3)N4C)CC2)cc(Cl)c1N. The largest absolute Gasteiger partial charge is 0.397 e. The van der Waals surface area contributed by atoms with E-state index < -0.39 is 5.92 Å². The third kappa shape index (κ3) is 6.93. The first-order valence-corrected chi connectivity index (χ1v) is 19.2. The predicted octanol–water partition coefficient (Wildman–Crippen LogP) is 4.69. The van der Waals surface area contributed by atoms with Crippen molar-refractivity contribution >= 4 is 52.2 Å². The number of piperidine rings is 2. The molecule has 0 aliphatic carbocycles. The van der Waals surface area contributed by atoms with Crippen molar-refractivity contribution in [3.8, 4) is 0 Å². The van der Waals surface area contributed by atoms with E-state index in [9.17, 15) is 14.4 Å². The smallest absolute Gasteiger partial charge is 0.322 e. The molecule has 5 aliphatic rings. The average molecular weight is 696 g/mol. The Morgan fingerprint density at radius 3 is 2.33 bits per heavy atom. The highest BCUT2D eigenvalue weighted by molar-refractivity contribution is 7.08. The van der Waals surface area contributed by atoms with Gasteiger partial charge in [0.25, 0.3) is 0 Å². The molecule has 5 aliphatic heterocycles. The summed E-state index contributed by atoms with van der Waals surface area (Å²) in [6.07, 6.45) is 7.97. The summed E-state index contributed by atoms with van der Waals surface area (Å²) in [5, 5.41) is 7.66. The zero-order chi connectivity index (χ0) is 33.5. The number of hydrogen-bond acceptors (Lipinski definition) is 7. The maximum atomic E-state index is 14.2. The number of thiophene rings is 1. The van der Waals surface area contributed by atoms with Crippen molar-refractivity contribution < 1.29 is 14.4 Å². The third-order valence-electron chi connectivity index (χ3n) is 12.0. The Bertz CT molecular complexity index is 1480. The van der Waals surface area contributed by atoms with Gasteiger partial charge in [-0.3, -0.25) is 14.5 Å². The Labute approximate surface area is 293 Å². The molecule has 3 N–H and O–H groups in total. The van der Waals surface area contributed by atoms with Crippen molar-refractivity contribution in [1.29, 1.82) is 0 Å². The van der Waals surface area contributed by atoms with Crippen LogP contribution in [0.3, 0.4) is 0 Å². The molecule has 10 nitrogen and oxygen atoms in total. The molecule has 6 heterocycles. The molecule has 0 spiro atoms. The monoisotopic (exact) mass is 695 g/mol. The molecular formula is C36H50ClN7O3S. The fourth-order valence-electron chi connectivity index (χ4n) is 8.99. The van der Waals surface area contributed by atoms with Crippen molar-refractivity contribution in [2.45, 2.75) is 88.9 Å². The quantitative estimate of drug-likeness (QED) is 0.408. The Hall–Kier alpha value is -2.86. The van der Waals surface area contributed by atoms with Crippen molar-refractivity contribution in [2.24, 2.45) is 5.92 Å². The van der Waals surface area contributed by atoms with Gasteiger partial charge in [0.2, 0.25) is 11.8 Å². The Kier molecular flexibility index (Phi) is 9.93. The van der Waals surface area contributed by atoms with Gasteiger partial charge in [0.05, 0.1) is 22.3 Å². The molecule has 1 aromatic carbocycles. The maximum Gasteiger partial charge on any atom is 0.322 e. The van der Waals surface area contributed by atoms with E-state index >= 15 is 0 Å². The summed E-state index contributed by atoms with van der Waals surface area (Å²) >= 11 is 8.08. The van der Waals surface area contributed by atoms with E-state index in [1.807, 2.05) is 39.1 Å². The van der Waals surface area contributed by atoms with E-state index in [0.717, 1.165) is 49.2 Å². The number of nitrogens with zero attached hydrogens (tertiary/aromatic N) is 5. The van der Waals surface area contributed by atoms with Crippen LogP contribution in [0.25, 0.3) is 0 Å². The van der Waals surface area contributed by atoms with Crippen LogP contribution < -0.4 is 11.1 Å². The van der Waals surface area contributed by atoms with Crippen LogP contribution in [0.5, 0.6) is 0 Å². The standard InChI is InChI=1S/C36H50ClN7O3S/c1-23-15-24(17-31(37)34(23)38)16-26(35(46)43-13-11-41(12-14-43)30-19-28-3-4-29(20-30)40(28)2)18-33(45)42-8-6-27(7-9-42)44-10-5-25-21-48-22-32(25)39-36(44)47/h15,17,21-22,26-30H,3-14,16,18-20,38H2,1-2H3,(H,39,47)/t26-,28?,29?,30?/m0/s1. The molecule has 260 valence electrons. The number of carbonyl (C=O) groups excluding carboxylic acids is 3. The van der Waals surface area contributed by atoms with E-state index in [-0.39, 0.29) is 30.3 Å². The number of amides is 4. The zero-order valence-corrected chi connectivity index (χ0v) is 29.9. The Balaban J connectivity index is 0.980. The zero-order valence-electron chi connectivity index (χ0n) is 28.3. The fourth-order valence-corrected chi connectivity index (χ4v) is 10.1. The number of fused-ring (bicyclic) bond motifs is 3. The van der Waals surface area contributed by atoms with E-state index in [1.165, 1.54) is 31.2 Å². The van der Waals surface area contributed by atoms with E-state index in [1.54, 1.807) is 11.3 Å². The lowest BCUT2D eigenvalue weighted by molar-refractivity contribution is -0.143. The number of hydrogen-bond donors (Lipinski definition) is 2. The molecule has 2 unspecified atom stereocenters. The van der Waals surface area contributed by atoms with Gasteiger partial charge in [0.15, 0.2) is 0 Å². The normalized spacial score (nSPS) is 26.3. The lowest BCUT2D eigenvalue weighted by Gasteiger charge is -2.45. The molecule has 0 saturated carbocycles. The summed E-state index contributed by atoms with van der Waals surface area (Å²) in [7, 11) is 2.28. The number of nitrogen functional groups attached to an aromatic ring is 1. The highest BCUT2D eigenvalue weighted by Gasteiger charge is 2.41. The predicted molar refractivity (Wildman–Crippen MR) is 192 cm³/mol. The van der Waals surface area contributed by atoms with Gasteiger partial charge in [-0.1, -0.05) is 17.7 Å². The van der Waals surface area contributed by atoms with E-state index in [2.05, 4.69) is 27.5 Å². The summed E-state index contributed by atoms with van der Waals surface area (Å²) < 4.78 is 0. The average Bonchev–Trinajstić information content (AvgIpc) is 3.53. The molecular weight excluding hydrogens is 646 g/mol. The molecule has 1 aromatic heterocycles. The Morgan fingerprint density at radius 2 is 1.65 bits per heavy atom. The number of anilines is 2. The molecule has 4 amide bonds. The van der Waals surface area contributed by atoms with Gasteiger partial charge in [-0.05, 0) is 93.5 Å². The van der Waals surface area contributed by atoms with Gasteiger partial charge in [0, 0.05) is 81.8 Å². The molecule has 12 heteroatoms. The van der Waals surface area contributed by atoms with Crippen LogP contribution in [0.2, 0.25) is 5.02 Å². The molecule has 3 atom stereocenters. The minimum atomic E-state index is -0.477. The first-order valence-electron chi connectivity index (χ1n) is 17.8. The summed E-state index contributed by atoms with van der Waals surface area (Å²) in [6.45, 7) is 6.94. The van der Waals surface area contributed by atoms with Gasteiger partial charge in [0.1, 0.15) is 0 Å². The van der Waals surface area contributed by atoms with Crippen LogP contribution in [0, 0.1) is 12.8 Å². The van der Waals surface area contributed by atoms with Gasteiger partial charge < -0.3 is 30.7 Å². The third-order valence-corrected chi connectivity index (χ3v) is 13.1. The van der Waals surface area contributed by atoms with Crippen LogP contribution in [0.1, 0.15) is 61.6 Å². The second-order valence-corrected chi connectivity index (χ2v) is 15.9. The molecule has 48 heavy (non-hydrogen) atoms. The molecule has 2 aromatic rings. The number of halogens is 1. The maximum absolute atomic E-state index is 14.2. The number of urea groups is 1. The number of rotatable bonds is 7. The number of nitrogens with one attached hydrogen (secondary N) is 1. The van der Waals surface area contributed by atoms with Gasteiger partial charge in [-0.15, -0.1) is 11.3 Å². The number of carbonyl (C=O) groups is 3. The number of aryl methyl sites for hydroxylation is 1. The first kappa shape index (κ1) is 33.6. The Morgan fingerprint density at radius 1 is 0.938 bits per heavy atom. The number of nitrogens with two attached hydrogens (primary N) is 1. The summed E-state index contributed by atoms with van der Waals surface area (Å²) in [5.74, 6) is -0.413. The van der Waals surface area contributed by atoms with Crippen molar-refractivity contribution in [3.63, 3.8) is 0 Å². The minimum absolute atomic E-state index is 0.00712. The molecule has 7 rings (SSSR count). The van der Waals surface area contributed by atoms with Gasteiger partial charge in [-0.25, -0.2) is 4.79 Å². The molecule has 4 fully saturated rings. The second-order valence-electron chi connectivity index (χ2n) is 14.7. The lowest BCUT2D eigenvalue weighted by atomic mass is 9.91. The number of piperazine rings is 1. The first-order chi connectivity index (χ1) is 23.1. The van der Waals surface area contributed by atoms with Crippen molar-refractivity contribution in [3.05, 3.63) is 44.6 Å². The lowest BCUT2D eigenvalue weighted by Crippen LogP contribution is -2.56. The molecule has 4 saturated heterocycles. The summed E-state index contributed by atoms with van der Waals surface area (Å²) in [5.41, 5.74) is 10.6. The minimum Gasteiger partial charge on any atom is -0.397 e. The van der Waals surface area contributed by atoms with Crippen molar-refractivity contribution in [1.82, 2.24) is 24.5 Å². The summed E-state index contributed by atoms with van der Waals surface area (Å²) in [6, 6.07) is 5.87. The van der Waals surface area contributed by atoms with Crippen LogP contribution >= 0.6 is 22.9 Å². The second kappa shape index (κ2) is 14.2. The highest BCUT2D eigenvalue weighted by atomic mass is 35.5.